The van der Waals surface area contributed by atoms with Gasteiger partial charge in [0.05, 0.1) is 12.0 Å². The van der Waals surface area contributed by atoms with Crippen molar-refractivity contribution in [2.24, 2.45) is 5.92 Å². The van der Waals surface area contributed by atoms with Crippen molar-refractivity contribution in [3.8, 4) is 5.75 Å². The zero-order chi connectivity index (χ0) is 17.7. The molecule has 0 amide bonds. The summed E-state index contributed by atoms with van der Waals surface area (Å²) in [6.07, 6.45) is 6.09. The van der Waals surface area contributed by atoms with Crippen LogP contribution in [0.15, 0.2) is 65.6 Å². The Morgan fingerprint density at radius 2 is 1.80 bits per heavy atom. The third kappa shape index (κ3) is 4.30. The van der Waals surface area contributed by atoms with Crippen LogP contribution in [0.2, 0.25) is 0 Å². The summed E-state index contributed by atoms with van der Waals surface area (Å²) < 4.78 is 32.4. The van der Waals surface area contributed by atoms with Gasteiger partial charge in [0.15, 0.2) is 0 Å². The van der Waals surface area contributed by atoms with Gasteiger partial charge in [0.25, 0.3) is 0 Å². The summed E-state index contributed by atoms with van der Waals surface area (Å²) in [6.45, 7) is 1.10. The fraction of sp³-hybridized carbons (Fsp3) is 0.300. The Hall–Kier alpha value is -2.11. The van der Waals surface area contributed by atoms with Crippen LogP contribution in [-0.2, 0) is 10.0 Å². The van der Waals surface area contributed by atoms with Gasteiger partial charge in [-0.25, -0.2) is 8.42 Å². The Labute approximate surface area is 149 Å². The van der Waals surface area contributed by atoms with Crippen LogP contribution in [0.25, 0.3) is 6.08 Å². The van der Waals surface area contributed by atoms with Gasteiger partial charge < -0.3 is 4.74 Å². The minimum Gasteiger partial charge on any atom is -0.497 e. The number of rotatable bonds is 5. The standard InChI is InChI=1S/C20H23NO3S/c1-24-19-11-13-20(14-12-19)25(22,23)21-15-5-8-18(16-21)10-9-17-6-3-2-4-7-17/h2-4,6-7,9-14,18H,5,8,15-16H2,1H3. The number of hydrogen-bond donors (Lipinski definition) is 0. The normalized spacial score (nSPS) is 19.2. The van der Waals surface area contributed by atoms with Crippen molar-refractivity contribution in [3.05, 3.63) is 66.2 Å². The maximum atomic E-state index is 12.9. The maximum Gasteiger partial charge on any atom is 0.243 e. The van der Waals surface area contributed by atoms with E-state index in [1.807, 2.05) is 30.3 Å². The first-order valence-corrected chi connectivity index (χ1v) is 9.91. The molecule has 1 saturated heterocycles. The number of sulfonamides is 1. The third-order valence-electron chi connectivity index (χ3n) is 4.48. The largest absolute Gasteiger partial charge is 0.497 e. The molecule has 0 aliphatic carbocycles. The van der Waals surface area contributed by atoms with Crippen LogP contribution in [-0.4, -0.2) is 32.9 Å². The number of piperidine rings is 1. The molecule has 1 aliphatic heterocycles. The lowest BCUT2D eigenvalue weighted by molar-refractivity contribution is 0.301. The fourth-order valence-corrected chi connectivity index (χ4v) is 4.59. The van der Waals surface area contributed by atoms with Crippen LogP contribution >= 0.6 is 0 Å². The van der Waals surface area contributed by atoms with Crippen LogP contribution in [0.3, 0.4) is 0 Å². The van der Waals surface area contributed by atoms with E-state index in [0.29, 0.717) is 23.7 Å². The van der Waals surface area contributed by atoms with Gasteiger partial charge in [0, 0.05) is 13.1 Å². The molecule has 0 bridgehead atoms. The number of methoxy groups -OCH3 is 1. The number of benzene rings is 2. The zero-order valence-corrected chi connectivity index (χ0v) is 15.2. The molecule has 5 heteroatoms. The minimum absolute atomic E-state index is 0.238. The van der Waals surface area contributed by atoms with Crippen molar-refractivity contribution in [2.75, 3.05) is 20.2 Å². The average Bonchev–Trinajstić information content (AvgIpc) is 2.67. The summed E-state index contributed by atoms with van der Waals surface area (Å²) in [5.41, 5.74) is 1.14. The second kappa shape index (κ2) is 7.85. The third-order valence-corrected chi connectivity index (χ3v) is 6.36. The number of nitrogens with zero attached hydrogens (tertiary/aromatic N) is 1. The smallest absolute Gasteiger partial charge is 0.243 e. The first kappa shape index (κ1) is 17.7. The molecule has 1 atom stereocenters. The van der Waals surface area contributed by atoms with Gasteiger partial charge in [-0.3, -0.25) is 0 Å². The summed E-state index contributed by atoms with van der Waals surface area (Å²) in [5, 5.41) is 0. The van der Waals surface area contributed by atoms with E-state index < -0.39 is 10.0 Å². The van der Waals surface area contributed by atoms with Gasteiger partial charge in [0.2, 0.25) is 10.0 Å². The maximum absolute atomic E-state index is 12.9. The van der Waals surface area contributed by atoms with Gasteiger partial charge in [-0.15, -0.1) is 0 Å². The molecule has 4 nitrogen and oxygen atoms in total. The van der Waals surface area contributed by atoms with Crippen molar-refractivity contribution in [1.82, 2.24) is 4.31 Å². The highest BCUT2D eigenvalue weighted by molar-refractivity contribution is 7.89. The van der Waals surface area contributed by atoms with E-state index in [2.05, 4.69) is 12.2 Å². The van der Waals surface area contributed by atoms with E-state index in [9.17, 15) is 8.42 Å². The van der Waals surface area contributed by atoms with E-state index in [1.165, 1.54) is 0 Å². The van der Waals surface area contributed by atoms with E-state index >= 15 is 0 Å². The monoisotopic (exact) mass is 357 g/mol. The lowest BCUT2D eigenvalue weighted by Gasteiger charge is -2.30. The lowest BCUT2D eigenvalue weighted by atomic mass is 9.98. The lowest BCUT2D eigenvalue weighted by Crippen LogP contribution is -2.39. The van der Waals surface area contributed by atoms with Gasteiger partial charge >= 0.3 is 0 Å². The zero-order valence-electron chi connectivity index (χ0n) is 14.3. The second-order valence-electron chi connectivity index (χ2n) is 6.21. The van der Waals surface area contributed by atoms with E-state index in [4.69, 9.17) is 4.74 Å². The summed E-state index contributed by atoms with van der Waals surface area (Å²) >= 11 is 0. The van der Waals surface area contributed by atoms with Crippen LogP contribution in [0.4, 0.5) is 0 Å². The van der Waals surface area contributed by atoms with Crippen LogP contribution in [0.5, 0.6) is 5.75 Å². The Balaban J connectivity index is 1.72. The first-order chi connectivity index (χ1) is 12.1. The summed E-state index contributed by atoms with van der Waals surface area (Å²) in [4.78, 5) is 0.320. The fourth-order valence-electron chi connectivity index (χ4n) is 3.06. The SMILES string of the molecule is COc1ccc(S(=O)(=O)N2CCCC(C=Cc3ccccc3)C2)cc1. The summed E-state index contributed by atoms with van der Waals surface area (Å²) in [7, 11) is -1.89. The van der Waals surface area contributed by atoms with Crippen molar-refractivity contribution in [3.63, 3.8) is 0 Å². The topological polar surface area (TPSA) is 46.6 Å². The summed E-state index contributed by atoms with van der Waals surface area (Å²) in [6, 6.07) is 16.7. The van der Waals surface area contributed by atoms with Gasteiger partial charge in [0.1, 0.15) is 5.75 Å². The van der Waals surface area contributed by atoms with E-state index in [0.717, 1.165) is 18.4 Å². The molecule has 0 spiro atoms. The van der Waals surface area contributed by atoms with Crippen molar-refractivity contribution in [1.29, 1.82) is 0 Å². The average molecular weight is 357 g/mol. The van der Waals surface area contributed by atoms with Gasteiger partial charge in [-0.1, -0.05) is 42.5 Å². The molecule has 0 saturated carbocycles. The highest BCUT2D eigenvalue weighted by atomic mass is 32.2. The van der Waals surface area contributed by atoms with Crippen LogP contribution in [0.1, 0.15) is 18.4 Å². The van der Waals surface area contributed by atoms with Crippen molar-refractivity contribution >= 4 is 16.1 Å². The van der Waals surface area contributed by atoms with Crippen molar-refractivity contribution < 1.29 is 13.2 Å². The van der Waals surface area contributed by atoms with E-state index in [-0.39, 0.29) is 5.92 Å². The molecule has 0 N–H and O–H groups in total. The Morgan fingerprint density at radius 1 is 1.08 bits per heavy atom. The van der Waals surface area contributed by atoms with Crippen LogP contribution in [0, 0.1) is 5.92 Å². The van der Waals surface area contributed by atoms with E-state index in [1.54, 1.807) is 35.7 Å². The molecule has 1 aliphatic rings. The summed E-state index contributed by atoms with van der Waals surface area (Å²) in [5.74, 6) is 0.892. The van der Waals surface area contributed by atoms with Crippen molar-refractivity contribution in [2.45, 2.75) is 17.7 Å². The molecular weight excluding hydrogens is 334 g/mol. The van der Waals surface area contributed by atoms with Gasteiger partial charge in [-0.2, -0.15) is 4.31 Å². The Kier molecular flexibility index (Phi) is 5.56. The molecule has 132 valence electrons. The molecule has 1 fully saturated rings. The molecule has 0 radical (unpaired) electrons. The molecule has 1 heterocycles. The second-order valence-corrected chi connectivity index (χ2v) is 8.15. The molecule has 25 heavy (non-hydrogen) atoms. The van der Waals surface area contributed by atoms with Gasteiger partial charge in [-0.05, 0) is 48.6 Å². The molecule has 2 aromatic carbocycles. The highest BCUT2D eigenvalue weighted by Gasteiger charge is 2.29. The molecule has 3 rings (SSSR count). The molecule has 1 unspecified atom stereocenters. The predicted molar refractivity (Wildman–Crippen MR) is 100.0 cm³/mol. The molecular formula is C20H23NO3S. The number of hydrogen-bond acceptors (Lipinski definition) is 3. The molecule has 0 aromatic heterocycles. The Morgan fingerprint density at radius 3 is 2.48 bits per heavy atom. The minimum atomic E-state index is -3.46. The number of ether oxygens (including phenoxy) is 1. The predicted octanol–water partition coefficient (Wildman–Crippen LogP) is 3.81. The first-order valence-electron chi connectivity index (χ1n) is 8.47. The highest BCUT2D eigenvalue weighted by Crippen LogP contribution is 2.26. The Bertz CT molecular complexity index is 814. The molecule has 2 aromatic rings. The quantitative estimate of drug-likeness (QED) is 0.817. The van der Waals surface area contributed by atoms with Crippen LogP contribution < -0.4 is 4.74 Å².